The predicted octanol–water partition coefficient (Wildman–Crippen LogP) is 0.792. The SMILES string of the molecule is O=C1CCC(C2NCc3c2cccc3[N+](=O)[O-])C(=O)N1. The van der Waals surface area contributed by atoms with Crippen LogP contribution in [-0.4, -0.2) is 16.7 Å². The van der Waals surface area contributed by atoms with Crippen LogP contribution in [-0.2, 0) is 16.1 Å². The van der Waals surface area contributed by atoms with E-state index in [9.17, 15) is 19.7 Å². The van der Waals surface area contributed by atoms with E-state index in [0.717, 1.165) is 5.56 Å². The van der Waals surface area contributed by atoms with Crippen LogP contribution < -0.4 is 10.6 Å². The fourth-order valence-corrected chi connectivity index (χ4v) is 2.96. The summed E-state index contributed by atoms with van der Waals surface area (Å²) in [5.74, 6) is -0.933. The van der Waals surface area contributed by atoms with Crippen molar-refractivity contribution in [2.24, 2.45) is 5.92 Å². The molecule has 2 N–H and O–H groups in total. The number of nitro benzene ring substituents is 1. The molecule has 2 atom stereocenters. The zero-order valence-corrected chi connectivity index (χ0v) is 10.6. The van der Waals surface area contributed by atoms with Gasteiger partial charge >= 0.3 is 0 Å². The number of nitrogens with one attached hydrogen (secondary N) is 2. The molecule has 7 heteroatoms. The summed E-state index contributed by atoms with van der Waals surface area (Å²) in [7, 11) is 0. The Morgan fingerprint density at radius 3 is 2.80 bits per heavy atom. The summed E-state index contributed by atoms with van der Waals surface area (Å²) in [5, 5.41) is 16.5. The van der Waals surface area contributed by atoms with Gasteiger partial charge in [0.1, 0.15) is 0 Å². The fourth-order valence-electron chi connectivity index (χ4n) is 2.96. The molecule has 0 aliphatic carbocycles. The first-order chi connectivity index (χ1) is 9.58. The standard InChI is InChI=1S/C13H13N3O4/c17-11-5-4-8(13(18)15-11)12-7-2-1-3-10(16(19)20)9(7)6-14-12/h1-3,8,12,14H,4-6H2,(H,15,17,18). The maximum Gasteiger partial charge on any atom is 0.274 e. The van der Waals surface area contributed by atoms with Gasteiger partial charge in [-0.25, -0.2) is 0 Å². The molecule has 2 aliphatic rings. The molecule has 1 fully saturated rings. The molecule has 1 aromatic carbocycles. The number of carbonyl (C=O) groups is 2. The largest absolute Gasteiger partial charge is 0.305 e. The van der Waals surface area contributed by atoms with Gasteiger partial charge in [-0.2, -0.15) is 0 Å². The van der Waals surface area contributed by atoms with Crippen molar-refractivity contribution in [3.8, 4) is 0 Å². The quantitative estimate of drug-likeness (QED) is 0.472. The van der Waals surface area contributed by atoms with E-state index in [1.165, 1.54) is 6.07 Å². The van der Waals surface area contributed by atoms with E-state index in [0.29, 0.717) is 24.9 Å². The Balaban J connectivity index is 1.94. The average molecular weight is 275 g/mol. The van der Waals surface area contributed by atoms with Gasteiger partial charge in [0.2, 0.25) is 11.8 Å². The highest BCUT2D eigenvalue weighted by Crippen LogP contribution is 2.38. The van der Waals surface area contributed by atoms with Gasteiger partial charge in [-0.05, 0) is 12.0 Å². The average Bonchev–Trinajstić information content (AvgIpc) is 2.82. The van der Waals surface area contributed by atoms with Crippen LogP contribution in [0.3, 0.4) is 0 Å². The molecule has 1 aromatic rings. The van der Waals surface area contributed by atoms with Gasteiger partial charge in [-0.3, -0.25) is 25.0 Å². The number of hydrogen-bond acceptors (Lipinski definition) is 5. The Morgan fingerprint density at radius 1 is 1.30 bits per heavy atom. The molecule has 3 rings (SSSR count). The van der Waals surface area contributed by atoms with Gasteiger partial charge < -0.3 is 5.32 Å². The number of piperidine rings is 1. The molecule has 0 radical (unpaired) electrons. The van der Waals surface area contributed by atoms with Crippen LogP contribution in [0.25, 0.3) is 0 Å². The zero-order valence-electron chi connectivity index (χ0n) is 10.6. The van der Waals surface area contributed by atoms with Crippen LogP contribution in [0.5, 0.6) is 0 Å². The van der Waals surface area contributed by atoms with Crippen molar-refractivity contribution in [2.75, 3.05) is 0 Å². The van der Waals surface area contributed by atoms with E-state index in [1.54, 1.807) is 12.1 Å². The number of hydrogen-bond donors (Lipinski definition) is 2. The van der Waals surface area contributed by atoms with Gasteiger partial charge in [0.15, 0.2) is 0 Å². The van der Waals surface area contributed by atoms with Gasteiger partial charge in [0, 0.05) is 30.6 Å². The topological polar surface area (TPSA) is 101 Å². The van der Waals surface area contributed by atoms with Crippen LogP contribution >= 0.6 is 0 Å². The van der Waals surface area contributed by atoms with Gasteiger partial charge in [-0.1, -0.05) is 12.1 Å². The van der Waals surface area contributed by atoms with Crippen molar-refractivity contribution < 1.29 is 14.5 Å². The minimum atomic E-state index is -0.409. The molecule has 1 saturated heterocycles. The lowest BCUT2D eigenvalue weighted by Crippen LogP contribution is -2.44. The van der Waals surface area contributed by atoms with Crippen molar-refractivity contribution in [3.63, 3.8) is 0 Å². The number of nitro groups is 1. The molecule has 2 unspecified atom stereocenters. The van der Waals surface area contributed by atoms with Gasteiger partial charge in [-0.15, -0.1) is 0 Å². The van der Waals surface area contributed by atoms with Crippen LogP contribution in [0.2, 0.25) is 0 Å². The molecule has 0 spiro atoms. The van der Waals surface area contributed by atoms with E-state index >= 15 is 0 Å². The molecule has 20 heavy (non-hydrogen) atoms. The summed E-state index contributed by atoms with van der Waals surface area (Å²) in [6.45, 7) is 0.370. The number of imide groups is 1. The minimum absolute atomic E-state index is 0.0739. The van der Waals surface area contributed by atoms with E-state index < -0.39 is 4.92 Å². The van der Waals surface area contributed by atoms with Crippen LogP contribution in [0.4, 0.5) is 5.69 Å². The number of rotatable bonds is 2. The monoisotopic (exact) mass is 275 g/mol. The maximum atomic E-state index is 11.9. The Labute approximate surface area is 114 Å². The summed E-state index contributed by atoms with van der Waals surface area (Å²) in [4.78, 5) is 33.7. The first-order valence-electron chi connectivity index (χ1n) is 6.41. The Bertz CT molecular complexity index is 614. The fraction of sp³-hybridized carbons (Fsp3) is 0.385. The molecule has 0 bridgehead atoms. The second-order valence-corrected chi connectivity index (χ2v) is 5.02. The number of nitrogens with zero attached hydrogens (tertiary/aromatic N) is 1. The Kier molecular flexibility index (Phi) is 2.98. The van der Waals surface area contributed by atoms with Crippen LogP contribution in [0.1, 0.15) is 30.0 Å². The number of fused-ring (bicyclic) bond motifs is 1. The first-order valence-corrected chi connectivity index (χ1v) is 6.41. The minimum Gasteiger partial charge on any atom is -0.305 e. The van der Waals surface area contributed by atoms with Crippen molar-refractivity contribution >= 4 is 17.5 Å². The highest BCUT2D eigenvalue weighted by atomic mass is 16.6. The third kappa shape index (κ3) is 1.96. The third-order valence-corrected chi connectivity index (χ3v) is 3.90. The molecular weight excluding hydrogens is 262 g/mol. The van der Waals surface area contributed by atoms with Gasteiger partial charge in [0.05, 0.1) is 10.8 Å². The summed E-state index contributed by atoms with van der Waals surface area (Å²) in [6.07, 6.45) is 0.767. The van der Waals surface area contributed by atoms with Crippen molar-refractivity contribution in [3.05, 3.63) is 39.4 Å². The molecule has 7 nitrogen and oxygen atoms in total. The Morgan fingerprint density at radius 2 is 2.10 bits per heavy atom. The summed E-state index contributed by atoms with van der Waals surface area (Å²) >= 11 is 0. The number of amides is 2. The van der Waals surface area contributed by atoms with E-state index in [4.69, 9.17) is 0 Å². The van der Waals surface area contributed by atoms with Crippen molar-refractivity contribution in [1.82, 2.24) is 10.6 Å². The molecule has 0 saturated carbocycles. The highest BCUT2D eigenvalue weighted by molar-refractivity contribution is 5.99. The lowest BCUT2D eigenvalue weighted by Gasteiger charge is -2.26. The number of benzene rings is 1. The first kappa shape index (κ1) is 12.7. The highest BCUT2D eigenvalue weighted by Gasteiger charge is 2.39. The zero-order chi connectivity index (χ0) is 14.3. The van der Waals surface area contributed by atoms with Crippen LogP contribution in [0, 0.1) is 16.0 Å². The molecule has 2 heterocycles. The molecule has 104 valence electrons. The van der Waals surface area contributed by atoms with Crippen molar-refractivity contribution in [2.45, 2.75) is 25.4 Å². The number of carbonyl (C=O) groups excluding carboxylic acids is 2. The van der Waals surface area contributed by atoms with Crippen molar-refractivity contribution in [1.29, 1.82) is 0 Å². The smallest absolute Gasteiger partial charge is 0.274 e. The summed E-state index contributed by atoms with van der Waals surface area (Å²) < 4.78 is 0. The summed E-state index contributed by atoms with van der Waals surface area (Å²) in [6, 6.07) is 4.63. The van der Waals surface area contributed by atoms with Gasteiger partial charge in [0.25, 0.3) is 5.69 Å². The molecule has 2 amide bonds. The predicted molar refractivity (Wildman–Crippen MR) is 68.6 cm³/mol. The Hall–Kier alpha value is -2.28. The third-order valence-electron chi connectivity index (χ3n) is 3.90. The maximum absolute atomic E-state index is 11.9. The molecular formula is C13H13N3O4. The van der Waals surface area contributed by atoms with E-state index in [2.05, 4.69) is 10.6 Å². The normalized spacial score (nSPS) is 25.2. The van der Waals surface area contributed by atoms with E-state index in [-0.39, 0.29) is 29.5 Å². The lowest BCUT2D eigenvalue weighted by atomic mass is 9.86. The van der Waals surface area contributed by atoms with Crippen LogP contribution in [0.15, 0.2) is 18.2 Å². The molecule has 2 aliphatic heterocycles. The lowest BCUT2D eigenvalue weighted by molar-refractivity contribution is -0.385. The second-order valence-electron chi connectivity index (χ2n) is 5.02. The van der Waals surface area contributed by atoms with E-state index in [1.807, 2.05) is 0 Å². The summed E-state index contributed by atoms with van der Waals surface area (Å²) in [5.41, 5.74) is 1.49. The second kappa shape index (κ2) is 4.68. The molecule has 0 aromatic heterocycles.